The summed E-state index contributed by atoms with van der Waals surface area (Å²) in [4.78, 5) is 0. The first-order valence-corrected chi connectivity index (χ1v) is 6.18. The fraction of sp³-hybridized carbons (Fsp3) is 0.286. The molecule has 0 amide bonds. The van der Waals surface area contributed by atoms with Crippen molar-refractivity contribution in [1.29, 1.82) is 0 Å². The zero-order valence-corrected chi connectivity index (χ0v) is 10.6. The molecule has 2 nitrogen and oxygen atoms in total. The number of furan rings is 1. The maximum Gasteiger partial charge on any atom is 0.105 e. The highest BCUT2D eigenvalue weighted by Crippen LogP contribution is 2.20. The Bertz CT molecular complexity index is 436. The summed E-state index contributed by atoms with van der Waals surface area (Å²) < 4.78 is 5.39. The molecule has 3 heteroatoms. The normalized spacial score (nSPS) is 12.6. The first-order chi connectivity index (χ1) is 8.29. The number of likely N-dealkylation sites (N-methyl/N-ethyl adjacent to an activating group) is 1. The van der Waals surface area contributed by atoms with Crippen molar-refractivity contribution in [2.24, 2.45) is 0 Å². The second-order valence-corrected chi connectivity index (χ2v) is 4.38. The predicted octanol–water partition coefficient (Wildman–Crippen LogP) is 3.83. The molecule has 2 rings (SSSR count). The van der Waals surface area contributed by atoms with E-state index in [-0.39, 0.29) is 6.04 Å². The minimum atomic E-state index is 0.267. The van der Waals surface area contributed by atoms with Crippen LogP contribution in [0.25, 0.3) is 0 Å². The van der Waals surface area contributed by atoms with E-state index in [0.29, 0.717) is 0 Å². The second kappa shape index (κ2) is 5.89. The first kappa shape index (κ1) is 12.2. The van der Waals surface area contributed by atoms with Crippen LogP contribution in [0.5, 0.6) is 0 Å². The lowest BCUT2D eigenvalue weighted by Crippen LogP contribution is -2.22. The average molecular weight is 250 g/mol. The van der Waals surface area contributed by atoms with Crippen LogP contribution in [0.2, 0.25) is 5.02 Å². The van der Waals surface area contributed by atoms with Crippen LogP contribution < -0.4 is 5.32 Å². The quantitative estimate of drug-likeness (QED) is 0.871. The highest BCUT2D eigenvalue weighted by molar-refractivity contribution is 6.30. The van der Waals surface area contributed by atoms with E-state index >= 15 is 0 Å². The van der Waals surface area contributed by atoms with Gasteiger partial charge in [0.05, 0.1) is 6.26 Å². The molecule has 0 aliphatic heterocycles. The summed E-state index contributed by atoms with van der Waals surface area (Å²) in [7, 11) is 0. The minimum absolute atomic E-state index is 0.267. The SMILES string of the molecule is CCNC(Cc1ccco1)c1ccc(Cl)cc1. The molecule has 0 radical (unpaired) electrons. The monoisotopic (exact) mass is 249 g/mol. The topological polar surface area (TPSA) is 25.2 Å². The van der Waals surface area contributed by atoms with Crippen molar-refractivity contribution < 1.29 is 4.42 Å². The lowest BCUT2D eigenvalue weighted by atomic mass is 10.0. The maximum absolute atomic E-state index is 5.90. The van der Waals surface area contributed by atoms with Crippen LogP contribution in [-0.4, -0.2) is 6.54 Å². The van der Waals surface area contributed by atoms with E-state index in [0.717, 1.165) is 23.7 Å². The number of hydrogen-bond donors (Lipinski definition) is 1. The molecule has 17 heavy (non-hydrogen) atoms. The molecule has 1 heterocycles. The molecule has 1 N–H and O–H groups in total. The van der Waals surface area contributed by atoms with Gasteiger partial charge in [0.25, 0.3) is 0 Å². The molecule has 1 unspecified atom stereocenters. The van der Waals surface area contributed by atoms with E-state index in [9.17, 15) is 0 Å². The van der Waals surface area contributed by atoms with Gasteiger partial charge in [-0.1, -0.05) is 30.7 Å². The Kier molecular flexibility index (Phi) is 4.24. The third-order valence-corrected chi connectivity index (χ3v) is 2.96. The van der Waals surface area contributed by atoms with Gasteiger partial charge in [0.2, 0.25) is 0 Å². The van der Waals surface area contributed by atoms with Gasteiger partial charge in [-0.3, -0.25) is 0 Å². The Labute approximate surface area is 107 Å². The van der Waals surface area contributed by atoms with Crippen molar-refractivity contribution in [2.75, 3.05) is 6.54 Å². The molecule has 0 bridgehead atoms. The molecule has 0 aliphatic rings. The van der Waals surface area contributed by atoms with Gasteiger partial charge in [-0.25, -0.2) is 0 Å². The number of halogens is 1. The second-order valence-electron chi connectivity index (χ2n) is 3.95. The first-order valence-electron chi connectivity index (χ1n) is 5.81. The molecule has 0 saturated heterocycles. The summed E-state index contributed by atoms with van der Waals surface area (Å²) in [5.74, 6) is 0.992. The van der Waals surface area contributed by atoms with Crippen LogP contribution >= 0.6 is 11.6 Å². The molecule has 1 aromatic carbocycles. The van der Waals surface area contributed by atoms with E-state index in [1.54, 1.807) is 6.26 Å². The summed E-state index contributed by atoms with van der Waals surface area (Å²) in [5.41, 5.74) is 1.23. The van der Waals surface area contributed by atoms with Crippen LogP contribution in [-0.2, 0) is 6.42 Å². The van der Waals surface area contributed by atoms with Gasteiger partial charge >= 0.3 is 0 Å². The Hall–Kier alpha value is -1.25. The van der Waals surface area contributed by atoms with Crippen molar-refractivity contribution in [2.45, 2.75) is 19.4 Å². The highest BCUT2D eigenvalue weighted by atomic mass is 35.5. The van der Waals surface area contributed by atoms with E-state index in [1.807, 2.05) is 24.3 Å². The largest absolute Gasteiger partial charge is 0.469 e. The minimum Gasteiger partial charge on any atom is -0.469 e. The van der Waals surface area contributed by atoms with Crippen molar-refractivity contribution in [3.63, 3.8) is 0 Å². The zero-order valence-electron chi connectivity index (χ0n) is 9.82. The van der Waals surface area contributed by atoms with Crippen molar-refractivity contribution >= 4 is 11.6 Å². The van der Waals surface area contributed by atoms with Crippen molar-refractivity contribution in [3.8, 4) is 0 Å². The zero-order chi connectivity index (χ0) is 12.1. The van der Waals surface area contributed by atoms with Crippen LogP contribution in [0.3, 0.4) is 0 Å². The summed E-state index contributed by atoms with van der Waals surface area (Å²) in [6.45, 7) is 3.03. The molecule has 90 valence electrons. The van der Waals surface area contributed by atoms with E-state index in [4.69, 9.17) is 16.0 Å². The Morgan fingerprint density at radius 2 is 2.00 bits per heavy atom. The molecule has 1 atom stereocenters. The van der Waals surface area contributed by atoms with Gasteiger partial charge in [-0.15, -0.1) is 0 Å². The van der Waals surface area contributed by atoms with Gasteiger partial charge in [-0.05, 0) is 36.4 Å². The summed E-state index contributed by atoms with van der Waals surface area (Å²) in [5, 5.41) is 4.22. The number of hydrogen-bond acceptors (Lipinski definition) is 2. The van der Waals surface area contributed by atoms with Crippen LogP contribution in [0, 0.1) is 0 Å². The van der Waals surface area contributed by atoms with Crippen molar-refractivity contribution in [3.05, 3.63) is 59.0 Å². The Morgan fingerprint density at radius 3 is 2.59 bits per heavy atom. The third kappa shape index (κ3) is 3.35. The molecule has 0 fully saturated rings. The smallest absolute Gasteiger partial charge is 0.105 e. The van der Waals surface area contributed by atoms with Gasteiger partial charge < -0.3 is 9.73 Å². The molecule has 2 aromatic rings. The molecule has 0 aliphatic carbocycles. The van der Waals surface area contributed by atoms with Crippen LogP contribution in [0.1, 0.15) is 24.3 Å². The fourth-order valence-corrected chi connectivity index (χ4v) is 2.01. The Morgan fingerprint density at radius 1 is 1.24 bits per heavy atom. The van der Waals surface area contributed by atoms with Crippen molar-refractivity contribution in [1.82, 2.24) is 5.32 Å². The molecule has 1 aromatic heterocycles. The van der Waals surface area contributed by atoms with Gasteiger partial charge in [-0.2, -0.15) is 0 Å². The third-order valence-electron chi connectivity index (χ3n) is 2.71. The van der Waals surface area contributed by atoms with Gasteiger partial charge in [0.1, 0.15) is 5.76 Å². The molecular weight excluding hydrogens is 234 g/mol. The molecular formula is C14H16ClNO. The van der Waals surface area contributed by atoms with E-state index in [2.05, 4.69) is 24.4 Å². The number of benzene rings is 1. The standard InChI is InChI=1S/C14H16ClNO/c1-2-16-14(10-13-4-3-9-17-13)11-5-7-12(15)8-6-11/h3-9,14,16H,2,10H2,1H3. The maximum atomic E-state index is 5.90. The lowest BCUT2D eigenvalue weighted by molar-refractivity contribution is 0.455. The van der Waals surface area contributed by atoms with Crippen LogP contribution in [0.15, 0.2) is 47.1 Å². The Balaban J connectivity index is 2.13. The van der Waals surface area contributed by atoms with E-state index < -0.39 is 0 Å². The van der Waals surface area contributed by atoms with Gasteiger partial charge in [0.15, 0.2) is 0 Å². The van der Waals surface area contributed by atoms with Gasteiger partial charge in [0, 0.05) is 17.5 Å². The number of rotatable bonds is 5. The summed E-state index contributed by atoms with van der Waals surface area (Å²) >= 11 is 5.90. The fourth-order valence-electron chi connectivity index (χ4n) is 1.88. The molecule has 0 spiro atoms. The highest BCUT2D eigenvalue weighted by Gasteiger charge is 2.12. The predicted molar refractivity (Wildman–Crippen MR) is 70.3 cm³/mol. The van der Waals surface area contributed by atoms with Crippen LogP contribution in [0.4, 0.5) is 0 Å². The molecule has 0 saturated carbocycles. The summed E-state index contributed by atoms with van der Waals surface area (Å²) in [6, 6.07) is 12.1. The average Bonchev–Trinajstić information content (AvgIpc) is 2.82. The lowest BCUT2D eigenvalue weighted by Gasteiger charge is -2.17. The summed E-state index contributed by atoms with van der Waals surface area (Å²) in [6.07, 6.45) is 2.56. The number of nitrogens with one attached hydrogen (secondary N) is 1. The van der Waals surface area contributed by atoms with E-state index in [1.165, 1.54) is 5.56 Å².